The molecule has 0 spiro atoms. The Morgan fingerprint density at radius 1 is 1.35 bits per heavy atom. The second-order valence-corrected chi connectivity index (χ2v) is 8.31. The van der Waals surface area contributed by atoms with Crippen molar-refractivity contribution in [1.29, 1.82) is 0 Å². The van der Waals surface area contributed by atoms with Crippen molar-refractivity contribution < 1.29 is 14.2 Å². The van der Waals surface area contributed by atoms with Crippen LogP contribution in [0.5, 0.6) is 5.75 Å². The van der Waals surface area contributed by atoms with E-state index < -0.39 is 11.7 Å². The predicted molar refractivity (Wildman–Crippen MR) is 112 cm³/mol. The van der Waals surface area contributed by atoms with Gasteiger partial charge in [0.15, 0.2) is 5.82 Å². The van der Waals surface area contributed by atoms with Crippen molar-refractivity contribution in [2.75, 3.05) is 7.11 Å². The van der Waals surface area contributed by atoms with Gasteiger partial charge < -0.3 is 19.7 Å². The Hall–Kier alpha value is -3.17. The van der Waals surface area contributed by atoms with E-state index in [9.17, 15) is 5.11 Å². The number of benzene rings is 1. The first-order valence-corrected chi connectivity index (χ1v) is 10.1. The number of rotatable bonds is 4. The Kier molecular flexibility index (Phi) is 4.79. The molecule has 1 unspecified atom stereocenters. The highest BCUT2D eigenvalue weighted by Crippen LogP contribution is 2.42. The first-order chi connectivity index (χ1) is 15.0. The van der Waals surface area contributed by atoms with Gasteiger partial charge in [0, 0.05) is 31.6 Å². The average molecular weight is 422 g/mol. The summed E-state index contributed by atoms with van der Waals surface area (Å²) >= 11 is 0. The lowest BCUT2D eigenvalue weighted by Gasteiger charge is -2.36. The van der Waals surface area contributed by atoms with Crippen LogP contribution in [0.3, 0.4) is 0 Å². The van der Waals surface area contributed by atoms with Crippen molar-refractivity contribution in [3.05, 3.63) is 54.4 Å². The number of aromatic nitrogens is 5. The zero-order valence-corrected chi connectivity index (χ0v) is 17.2. The number of halogens is 1. The molecule has 2 saturated heterocycles. The monoisotopic (exact) mass is 422 g/mol. The topological polar surface area (TPSA) is 98.0 Å². The lowest BCUT2D eigenvalue weighted by molar-refractivity contribution is 0.0915. The Morgan fingerprint density at radius 3 is 2.90 bits per heavy atom. The van der Waals surface area contributed by atoms with Gasteiger partial charge in [0.2, 0.25) is 0 Å². The molecule has 160 valence electrons. The van der Waals surface area contributed by atoms with Crippen LogP contribution in [0.25, 0.3) is 23.2 Å². The van der Waals surface area contributed by atoms with Crippen LogP contribution in [0, 0.1) is 0 Å². The number of aromatic hydroxyl groups is 1. The van der Waals surface area contributed by atoms with Gasteiger partial charge in [0.1, 0.15) is 17.6 Å². The number of alkyl halides is 1. The molecule has 3 aromatic rings. The number of nitrogens with one attached hydrogen (secondary N) is 1. The van der Waals surface area contributed by atoms with E-state index in [2.05, 4.69) is 25.5 Å². The Morgan fingerprint density at radius 2 is 2.23 bits per heavy atom. The molecule has 0 saturated carbocycles. The molecule has 31 heavy (non-hydrogen) atoms. The molecule has 2 bridgehead atoms. The molecule has 8 nitrogen and oxygen atoms in total. The van der Waals surface area contributed by atoms with E-state index >= 15 is 4.39 Å². The first-order valence-electron chi connectivity index (χ1n) is 10.1. The summed E-state index contributed by atoms with van der Waals surface area (Å²) in [6.45, 7) is 1.89. The SMILES string of the molecule is CO[C@@H]1C[C@]2(C)NC1C/C(=C\c1cnc(-c3ccc(-n4ccnc4)cc3O)nn1)[C@@H]2F. The Bertz CT molecular complexity index is 1120. The summed E-state index contributed by atoms with van der Waals surface area (Å²) in [6.07, 6.45) is 8.41. The summed E-state index contributed by atoms with van der Waals surface area (Å²) in [6, 6.07) is 5.26. The number of ether oxygens (including phenoxy) is 1. The Balaban J connectivity index is 1.38. The molecule has 2 aliphatic heterocycles. The fourth-order valence-electron chi connectivity index (χ4n) is 4.59. The van der Waals surface area contributed by atoms with Crippen molar-refractivity contribution >= 4 is 6.08 Å². The molecule has 2 aromatic heterocycles. The van der Waals surface area contributed by atoms with Gasteiger partial charge in [-0.15, -0.1) is 10.2 Å². The number of phenolic OH excluding ortho intramolecular Hbond substituents is 1. The lowest BCUT2D eigenvalue weighted by atomic mass is 9.86. The van der Waals surface area contributed by atoms with Gasteiger partial charge in [0.05, 0.1) is 35.4 Å². The van der Waals surface area contributed by atoms with E-state index in [1.807, 2.05) is 13.0 Å². The third-order valence-corrected chi connectivity index (χ3v) is 6.17. The number of hydrogen-bond donors (Lipinski definition) is 2. The van der Waals surface area contributed by atoms with E-state index in [0.717, 1.165) is 5.69 Å². The van der Waals surface area contributed by atoms with Gasteiger partial charge in [-0.2, -0.15) is 0 Å². The number of methoxy groups -OCH3 is 1. The third kappa shape index (κ3) is 3.49. The van der Waals surface area contributed by atoms with Crippen LogP contribution in [0.2, 0.25) is 0 Å². The van der Waals surface area contributed by atoms with Gasteiger partial charge in [-0.1, -0.05) is 0 Å². The summed E-state index contributed by atoms with van der Waals surface area (Å²) in [4.78, 5) is 8.34. The summed E-state index contributed by atoms with van der Waals surface area (Å²) in [5.41, 5.74) is 1.75. The predicted octanol–water partition coefficient (Wildman–Crippen LogP) is 2.69. The minimum absolute atomic E-state index is 0.00555. The van der Waals surface area contributed by atoms with Gasteiger partial charge in [0.25, 0.3) is 0 Å². The summed E-state index contributed by atoms with van der Waals surface area (Å²) in [7, 11) is 1.67. The minimum atomic E-state index is -1.13. The molecular weight excluding hydrogens is 399 g/mol. The maximum Gasteiger partial charge on any atom is 0.185 e. The van der Waals surface area contributed by atoms with Crippen molar-refractivity contribution in [1.82, 2.24) is 30.0 Å². The number of nitrogens with zero attached hydrogens (tertiary/aromatic N) is 5. The van der Waals surface area contributed by atoms with Crippen LogP contribution in [0.4, 0.5) is 4.39 Å². The average Bonchev–Trinajstić information content (AvgIpc) is 3.40. The van der Waals surface area contributed by atoms with Crippen molar-refractivity contribution in [3.8, 4) is 22.8 Å². The highest BCUT2D eigenvalue weighted by molar-refractivity contribution is 5.66. The Labute approximate surface area is 178 Å². The van der Waals surface area contributed by atoms with Gasteiger partial charge in [-0.05, 0) is 43.5 Å². The number of imidazole rings is 1. The van der Waals surface area contributed by atoms with Gasteiger partial charge >= 0.3 is 0 Å². The smallest absolute Gasteiger partial charge is 0.185 e. The van der Waals surface area contributed by atoms with Crippen LogP contribution in [0.1, 0.15) is 25.5 Å². The molecule has 9 heteroatoms. The summed E-state index contributed by atoms with van der Waals surface area (Å²) < 4.78 is 22.5. The molecule has 2 fully saturated rings. The van der Waals surface area contributed by atoms with Crippen LogP contribution in [0.15, 0.2) is 48.7 Å². The lowest BCUT2D eigenvalue weighted by Crippen LogP contribution is -2.53. The largest absolute Gasteiger partial charge is 0.507 e. The second-order valence-electron chi connectivity index (χ2n) is 8.31. The standard InChI is InChI=1S/C22H23FN6O2/c1-22-10-19(31-2)17(26-22)8-13(20(22)23)7-14-11-25-21(28-27-14)16-4-3-15(9-18(16)30)29-6-5-24-12-29/h3-7,9,11-12,17,19-20,26,30H,8,10H2,1-2H3/b13-7+/t17?,19-,20+,22+/m1/s1. The highest BCUT2D eigenvalue weighted by Gasteiger charge is 2.52. The normalized spacial score (nSPS) is 28.9. The quantitative estimate of drug-likeness (QED) is 0.667. The molecular formula is C22H23FN6O2. The van der Waals surface area contributed by atoms with E-state index in [0.29, 0.717) is 35.5 Å². The molecule has 4 atom stereocenters. The highest BCUT2D eigenvalue weighted by atomic mass is 19.1. The van der Waals surface area contributed by atoms with Crippen LogP contribution in [-0.2, 0) is 4.74 Å². The number of piperidine rings is 1. The number of hydrogen-bond acceptors (Lipinski definition) is 7. The van der Waals surface area contributed by atoms with E-state index in [4.69, 9.17) is 4.74 Å². The molecule has 2 aliphatic rings. The third-order valence-electron chi connectivity index (χ3n) is 6.17. The molecule has 4 heterocycles. The van der Waals surface area contributed by atoms with Crippen LogP contribution >= 0.6 is 0 Å². The maximum atomic E-state index is 15.2. The number of fused-ring (bicyclic) bond motifs is 2. The van der Waals surface area contributed by atoms with E-state index in [1.54, 1.807) is 54.8 Å². The first kappa shape index (κ1) is 19.8. The van der Waals surface area contributed by atoms with Crippen molar-refractivity contribution in [3.63, 3.8) is 0 Å². The zero-order chi connectivity index (χ0) is 21.6. The fourth-order valence-corrected chi connectivity index (χ4v) is 4.59. The molecule has 5 rings (SSSR count). The minimum Gasteiger partial charge on any atom is -0.507 e. The van der Waals surface area contributed by atoms with Gasteiger partial charge in [-0.3, -0.25) is 0 Å². The van der Waals surface area contributed by atoms with Crippen molar-refractivity contribution in [2.24, 2.45) is 0 Å². The maximum absolute atomic E-state index is 15.2. The molecule has 0 aliphatic carbocycles. The van der Waals surface area contributed by atoms with Gasteiger partial charge in [-0.25, -0.2) is 14.4 Å². The zero-order valence-electron chi connectivity index (χ0n) is 17.2. The van der Waals surface area contributed by atoms with Crippen molar-refractivity contribution in [2.45, 2.75) is 43.6 Å². The molecule has 0 radical (unpaired) electrons. The fraction of sp³-hybridized carbons (Fsp3) is 0.364. The van der Waals surface area contributed by atoms with E-state index in [-0.39, 0.29) is 17.9 Å². The van der Waals surface area contributed by atoms with Crippen LogP contribution < -0.4 is 5.32 Å². The number of phenols is 1. The second kappa shape index (κ2) is 7.51. The summed E-state index contributed by atoms with van der Waals surface area (Å²) in [5.74, 6) is 0.335. The molecule has 2 N–H and O–H groups in total. The van der Waals surface area contributed by atoms with Crippen LogP contribution in [-0.4, -0.2) is 60.8 Å². The van der Waals surface area contributed by atoms with E-state index in [1.165, 1.54) is 0 Å². The molecule has 1 aromatic carbocycles. The molecule has 0 amide bonds. The summed E-state index contributed by atoms with van der Waals surface area (Å²) in [5, 5.41) is 22.1.